The van der Waals surface area contributed by atoms with Crippen LogP contribution in [0, 0.1) is 6.92 Å². The molecule has 4 rings (SSSR count). The van der Waals surface area contributed by atoms with Gasteiger partial charge in [0.2, 0.25) is 5.78 Å². The van der Waals surface area contributed by atoms with E-state index in [1.54, 1.807) is 11.3 Å². The highest BCUT2D eigenvalue weighted by molar-refractivity contribution is 7.14. The molecule has 0 spiro atoms. The van der Waals surface area contributed by atoms with Crippen LogP contribution in [-0.4, -0.2) is 28.3 Å². The molecule has 0 aliphatic heterocycles. The van der Waals surface area contributed by atoms with E-state index in [0.717, 1.165) is 27.2 Å². The van der Waals surface area contributed by atoms with Crippen molar-refractivity contribution in [3.05, 3.63) is 63.4 Å². The number of carbonyl (C=O) groups is 2. The molecule has 0 unspecified atom stereocenters. The summed E-state index contributed by atoms with van der Waals surface area (Å²) in [5, 5.41) is 7.58. The summed E-state index contributed by atoms with van der Waals surface area (Å²) in [5.74, 6) is -0.668. The molecule has 0 atom stereocenters. The van der Waals surface area contributed by atoms with Crippen molar-refractivity contribution >= 4 is 45.3 Å². The maximum absolute atomic E-state index is 12.5. The van der Waals surface area contributed by atoms with Gasteiger partial charge in [0, 0.05) is 38.5 Å². The lowest BCUT2D eigenvalue weighted by molar-refractivity contribution is -0.141. The number of para-hydroxylation sites is 1. The fourth-order valence-corrected chi connectivity index (χ4v) is 4.49. The summed E-state index contributed by atoms with van der Waals surface area (Å²) in [5.41, 5.74) is 3.95. The topological polar surface area (TPSA) is 72.1 Å². The van der Waals surface area contributed by atoms with Crippen LogP contribution in [-0.2, 0) is 16.0 Å². The van der Waals surface area contributed by atoms with Gasteiger partial charge in [-0.05, 0) is 24.4 Å². The first kappa shape index (κ1) is 17.6. The number of thiazole rings is 1. The summed E-state index contributed by atoms with van der Waals surface area (Å²) in [4.78, 5) is 32.3. The van der Waals surface area contributed by atoms with Gasteiger partial charge in [-0.15, -0.1) is 11.3 Å². The number of hydrogen-bond acceptors (Lipinski definition) is 6. The van der Waals surface area contributed by atoms with Crippen molar-refractivity contribution in [1.29, 1.82) is 0 Å². The standard InChI is InChI=1S/C20H16N2O3S2/c1-12-19(15-4-2-3-5-16(15)21-12)17(23)9-25-18(24)8-14-11-27-20(22-14)13-6-7-26-10-13/h2-7,10-11,21H,8-9H2,1H3. The number of nitrogens with one attached hydrogen (secondary N) is 1. The highest BCUT2D eigenvalue weighted by Gasteiger charge is 2.18. The Kier molecular flexibility index (Phi) is 4.87. The summed E-state index contributed by atoms with van der Waals surface area (Å²) >= 11 is 3.10. The Bertz CT molecular complexity index is 1110. The molecule has 0 bridgehead atoms. The van der Waals surface area contributed by atoms with E-state index in [-0.39, 0.29) is 18.8 Å². The fourth-order valence-electron chi connectivity index (χ4n) is 2.96. The molecule has 136 valence electrons. The van der Waals surface area contributed by atoms with E-state index >= 15 is 0 Å². The maximum atomic E-state index is 12.5. The van der Waals surface area contributed by atoms with Crippen LogP contribution in [0.15, 0.2) is 46.5 Å². The van der Waals surface area contributed by atoms with Crippen LogP contribution >= 0.6 is 22.7 Å². The van der Waals surface area contributed by atoms with Crippen LogP contribution < -0.4 is 0 Å². The second-order valence-corrected chi connectivity index (χ2v) is 7.73. The zero-order chi connectivity index (χ0) is 18.8. The third kappa shape index (κ3) is 3.70. The molecule has 1 aromatic carbocycles. The zero-order valence-electron chi connectivity index (χ0n) is 14.5. The molecule has 0 aliphatic carbocycles. The Labute approximate surface area is 163 Å². The third-order valence-electron chi connectivity index (χ3n) is 4.18. The Balaban J connectivity index is 1.39. The van der Waals surface area contributed by atoms with E-state index in [9.17, 15) is 9.59 Å². The van der Waals surface area contributed by atoms with Crippen LogP contribution in [0.4, 0.5) is 0 Å². The lowest BCUT2D eigenvalue weighted by Crippen LogP contribution is -2.16. The van der Waals surface area contributed by atoms with Gasteiger partial charge in [0.05, 0.1) is 12.1 Å². The van der Waals surface area contributed by atoms with Gasteiger partial charge in [-0.2, -0.15) is 11.3 Å². The number of nitrogens with zero attached hydrogens (tertiary/aromatic N) is 1. The van der Waals surface area contributed by atoms with Crippen LogP contribution in [0.3, 0.4) is 0 Å². The van der Waals surface area contributed by atoms with Crippen molar-refractivity contribution in [3.8, 4) is 10.6 Å². The summed E-state index contributed by atoms with van der Waals surface area (Å²) < 4.78 is 5.20. The van der Waals surface area contributed by atoms with Crippen molar-refractivity contribution in [1.82, 2.24) is 9.97 Å². The second kappa shape index (κ2) is 7.46. The molecular formula is C20H16N2O3S2. The Morgan fingerprint density at radius 2 is 2.04 bits per heavy atom. The van der Waals surface area contributed by atoms with Gasteiger partial charge in [0.25, 0.3) is 0 Å². The minimum absolute atomic E-state index is 0.0563. The van der Waals surface area contributed by atoms with E-state index in [4.69, 9.17) is 4.74 Å². The average molecular weight is 396 g/mol. The van der Waals surface area contributed by atoms with Crippen LogP contribution in [0.5, 0.6) is 0 Å². The number of benzene rings is 1. The average Bonchev–Trinajstić information content (AvgIpc) is 3.38. The zero-order valence-corrected chi connectivity index (χ0v) is 16.2. The minimum Gasteiger partial charge on any atom is -0.457 e. The summed E-state index contributed by atoms with van der Waals surface area (Å²) in [6.07, 6.45) is 0.0563. The number of H-pyrrole nitrogens is 1. The summed E-state index contributed by atoms with van der Waals surface area (Å²) in [6, 6.07) is 9.58. The first-order valence-corrected chi connectivity index (χ1v) is 10.2. The molecule has 1 N–H and O–H groups in total. The van der Waals surface area contributed by atoms with E-state index in [1.165, 1.54) is 11.3 Å². The number of aromatic amines is 1. The lowest BCUT2D eigenvalue weighted by Gasteiger charge is -2.04. The molecule has 0 saturated carbocycles. The Morgan fingerprint density at radius 1 is 1.19 bits per heavy atom. The largest absolute Gasteiger partial charge is 0.457 e. The van der Waals surface area contributed by atoms with E-state index in [2.05, 4.69) is 9.97 Å². The molecule has 0 fully saturated rings. The minimum atomic E-state index is -0.456. The highest BCUT2D eigenvalue weighted by atomic mass is 32.1. The molecular weight excluding hydrogens is 380 g/mol. The van der Waals surface area contributed by atoms with Gasteiger partial charge in [-0.1, -0.05) is 18.2 Å². The molecule has 3 heterocycles. The van der Waals surface area contributed by atoms with Gasteiger partial charge in [-0.3, -0.25) is 9.59 Å². The molecule has 0 radical (unpaired) electrons. The molecule has 3 aromatic heterocycles. The number of hydrogen-bond donors (Lipinski definition) is 1. The third-order valence-corrected chi connectivity index (χ3v) is 5.81. The van der Waals surface area contributed by atoms with Crippen molar-refractivity contribution < 1.29 is 14.3 Å². The summed E-state index contributed by atoms with van der Waals surface area (Å²) in [6.45, 7) is 1.57. The number of rotatable bonds is 6. The Morgan fingerprint density at radius 3 is 2.85 bits per heavy atom. The van der Waals surface area contributed by atoms with Crippen LogP contribution in [0.25, 0.3) is 21.5 Å². The summed E-state index contributed by atoms with van der Waals surface area (Å²) in [7, 11) is 0. The van der Waals surface area contributed by atoms with Gasteiger partial charge in [0.15, 0.2) is 6.61 Å². The molecule has 0 saturated heterocycles. The van der Waals surface area contributed by atoms with E-state index in [0.29, 0.717) is 11.3 Å². The SMILES string of the molecule is Cc1[nH]c2ccccc2c1C(=O)COC(=O)Cc1csc(-c2ccsc2)n1. The molecule has 0 amide bonds. The van der Waals surface area contributed by atoms with Crippen LogP contribution in [0.1, 0.15) is 21.7 Å². The fraction of sp³-hybridized carbons (Fsp3) is 0.150. The Hall–Kier alpha value is -2.77. The molecule has 4 aromatic rings. The van der Waals surface area contributed by atoms with Crippen LogP contribution in [0.2, 0.25) is 0 Å². The van der Waals surface area contributed by atoms with Gasteiger partial charge in [-0.25, -0.2) is 4.98 Å². The molecule has 0 aliphatic rings. The first-order chi connectivity index (χ1) is 13.1. The predicted molar refractivity (Wildman–Crippen MR) is 107 cm³/mol. The van der Waals surface area contributed by atoms with Crippen molar-refractivity contribution in [3.63, 3.8) is 0 Å². The van der Waals surface area contributed by atoms with Gasteiger partial charge >= 0.3 is 5.97 Å². The number of fused-ring (bicyclic) bond motifs is 1. The number of Topliss-reactive ketones (excluding diaryl/α,β-unsaturated/α-hetero) is 1. The quantitative estimate of drug-likeness (QED) is 0.381. The number of ketones is 1. The monoisotopic (exact) mass is 396 g/mol. The van der Waals surface area contributed by atoms with Crippen molar-refractivity contribution in [2.75, 3.05) is 6.61 Å². The lowest BCUT2D eigenvalue weighted by atomic mass is 10.1. The number of ether oxygens (including phenoxy) is 1. The van der Waals surface area contributed by atoms with Crippen molar-refractivity contribution in [2.24, 2.45) is 0 Å². The van der Waals surface area contributed by atoms with E-state index in [1.807, 2.05) is 53.4 Å². The normalized spacial score (nSPS) is 11.0. The first-order valence-electron chi connectivity index (χ1n) is 8.35. The number of aryl methyl sites for hydroxylation is 1. The smallest absolute Gasteiger partial charge is 0.312 e. The van der Waals surface area contributed by atoms with Gasteiger partial charge in [0.1, 0.15) is 5.01 Å². The predicted octanol–water partition coefficient (Wildman–Crippen LogP) is 4.63. The molecule has 7 heteroatoms. The molecule has 5 nitrogen and oxygen atoms in total. The second-order valence-electron chi connectivity index (χ2n) is 6.09. The highest BCUT2D eigenvalue weighted by Crippen LogP contribution is 2.26. The number of esters is 1. The number of thiophene rings is 1. The maximum Gasteiger partial charge on any atom is 0.312 e. The number of carbonyl (C=O) groups excluding carboxylic acids is 2. The molecule has 27 heavy (non-hydrogen) atoms. The number of aromatic nitrogens is 2. The van der Waals surface area contributed by atoms with E-state index < -0.39 is 5.97 Å². The van der Waals surface area contributed by atoms with Gasteiger partial charge < -0.3 is 9.72 Å². The van der Waals surface area contributed by atoms with Crippen molar-refractivity contribution in [2.45, 2.75) is 13.3 Å².